The van der Waals surface area contributed by atoms with Gasteiger partial charge in [0.2, 0.25) is 5.91 Å². The second-order valence-corrected chi connectivity index (χ2v) is 7.31. The molecular formula is C24H24N2O6. The molecule has 0 saturated carbocycles. The van der Waals surface area contributed by atoms with Crippen LogP contribution in [-0.4, -0.2) is 44.8 Å². The Morgan fingerprint density at radius 2 is 1.34 bits per heavy atom. The van der Waals surface area contributed by atoms with Gasteiger partial charge >= 0.3 is 0 Å². The van der Waals surface area contributed by atoms with Crippen molar-refractivity contribution in [3.05, 3.63) is 83.4 Å². The standard InChI is InChI=1S/C24H24N2O6/c27-18-6-1-15(2-7-18)13-20(26-23(31)17-4-8-19(28)9-5-17)24(32)25-12-11-16-3-10-21(29)22(30)14-16/h1-10,14,20,27-30H,11-13H2,(H,25,32)(H,26,31)/t20-/m0/s1. The van der Waals surface area contributed by atoms with E-state index in [0.717, 1.165) is 11.1 Å². The maximum atomic E-state index is 12.8. The molecular weight excluding hydrogens is 412 g/mol. The lowest BCUT2D eigenvalue weighted by Crippen LogP contribution is -2.48. The third-order valence-corrected chi connectivity index (χ3v) is 4.88. The molecule has 2 amide bonds. The van der Waals surface area contributed by atoms with Gasteiger partial charge in [-0.2, -0.15) is 0 Å². The van der Waals surface area contributed by atoms with E-state index in [4.69, 9.17) is 0 Å². The molecule has 3 aromatic rings. The Bertz CT molecular complexity index is 1080. The molecule has 0 aliphatic carbocycles. The number of benzene rings is 3. The van der Waals surface area contributed by atoms with Crippen LogP contribution in [-0.2, 0) is 17.6 Å². The molecule has 0 aliphatic rings. The lowest BCUT2D eigenvalue weighted by atomic mass is 10.0. The van der Waals surface area contributed by atoms with Gasteiger partial charge < -0.3 is 31.1 Å². The van der Waals surface area contributed by atoms with Crippen LogP contribution in [0.25, 0.3) is 0 Å². The molecule has 0 unspecified atom stereocenters. The Hall–Kier alpha value is -4.20. The number of carbonyl (C=O) groups excluding carboxylic acids is 2. The first-order chi connectivity index (χ1) is 15.3. The lowest BCUT2D eigenvalue weighted by molar-refractivity contribution is -0.122. The molecule has 0 aliphatic heterocycles. The monoisotopic (exact) mass is 436 g/mol. The van der Waals surface area contributed by atoms with Crippen LogP contribution >= 0.6 is 0 Å². The van der Waals surface area contributed by atoms with Gasteiger partial charge in [-0.3, -0.25) is 9.59 Å². The molecule has 0 spiro atoms. The number of nitrogens with one attached hydrogen (secondary N) is 2. The Morgan fingerprint density at radius 1 is 0.750 bits per heavy atom. The summed E-state index contributed by atoms with van der Waals surface area (Å²) in [6, 6.07) is 15.6. The molecule has 8 heteroatoms. The molecule has 1 atom stereocenters. The molecule has 0 heterocycles. The van der Waals surface area contributed by atoms with E-state index in [1.807, 2.05) is 0 Å². The number of aromatic hydroxyl groups is 4. The van der Waals surface area contributed by atoms with Crippen LogP contribution in [0.15, 0.2) is 66.7 Å². The minimum absolute atomic E-state index is 0.0280. The Kier molecular flexibility index (Phi) is 7.17. The van der Waals surface area contributed by atoms with Crippen molar-refractivity contribution in [2.75, 3.05) is 6.54 Å². The molecule has 166 valence electrons. The average Bonchev–Trinajstić information content (AvgIpc) is 2.77. The van der Waals surface area contributed by atoms with Crippen LogP contribution in [0.5, 0.6) is 23.0 Å². The minimum atomic E-state index is -0.880. The highest BCUT2D eigenvalue weighted by Crippen LogP contribution is 2.24. The minimum Gasteiger partial charge on any atom is -0.508 e. The summed E-state index contributed by atoms with van der Waals surface area (Å²) in [5.41, 5.74) is 1.77. The van der Waals surface area contributed by atoms with Gasteiger partial charge in [0.05, 0.1) is 0 Å². The van der Waals surface area contributed by atoms with E-state index in [-0.39, 0.29) is 36.0 Å². The highest BCUT2D eigenvalue weighted by molar-refractivity contribution is 5.97. The lowest BCUT2D eigenvalue weighted by Gasteiger charge is -2.19. The van der Waals surface area contributed by atoms with E-state index < -0.39 is 17.9 Å². The smallest absolute Gasteiger partial charge is 0.251 e. The van der Waals surface area contributed by atoms with Crippen molar-refractivity contribution in [2.45, 2.75) is 18.9 Å². The molecule has 0 aromatic heterocycles. The zero-order valence-corrected chi connectivity index (χ0v) is 17.2. The number of phenolic OH excluding ortho intramolecular Hbond substituents is 4. The summed E-state index contributed by atoms with van der Waals surface area (Å²) in [7, 11) is 0. The molecule has 3 rings (SSSR count). The number of phenols is 4. The summed E-state index contributed by atoms with van der Waals surface area (Å²) in [5, 5.41) is 43.3. The first-order valence-electron chi connectivity index (χ1n) is 9.98. The number of rotatable bonds is 8. The first-order valence-corrected chi connectivity index (χ1v) is 9.98. The van der Waals surface area contributed by atoms with Crippen molar-refractivity contribution in [2.24, 2.45) is 0 Å². The summed E-state index contributed by atoms with van der Waals surface area (Å²) in [6.45, 7) is 0.254. The Balaban J connectivity index is 1.67. The maximum Gasteiger partial charge on any atom is 0.251 e. The number of hydrogen-bond donors (Lipinski definition) is 6. The van der Waals surface area contributed by atoms with Gasteiger partial charge in [0, 0.05) is 18.5 Å². The highest BCUT2D eigenvalue weighted by atomic mass is 16.3. The molecule has 0 fully saturated rings. The number of hydrogen-bond acceptors (Lipinski definition) is 6. The summed E-state index contributed by atoms with van der Waals surface area (Å²) in [4.78, 5) is 25.5. The molecule has 32 heavy (non-hydrogen) atoms. The fourth-order valence-corrected chi connectivity index (χ4v) is 3.11. The van der Waals surface area contributed by atoms with Crippen LogP contribution < -0.4 is 10.6 Å². The molecule has 6 N–H and O–H groups in total. The summed E-state index contributed by atoms with van der Waals surface area (Å²) in [5.74, 6) is -1.19. The Morgan fingerprint density at radius 3 is 1.97 bits per heavy atom. The second-order valence-electron chi connectivity index (χ2n) is 7.31. The fourth-order valence-electron chi connectivity index (χ4n) is 3.11. The van der Waals surface area contributed by atoms with Crippen molar-refractivity contribution in [1.29, 1.82) is 0 Å². The average molecular weight is 436 g/mol. The van der Waals surface area contributed by atoms with E-state index in [1.54, 1.807) is 18.2 Å². The molecule has 0 saturated heterocycles. The van der Waals surface area contributed by atoms with Crippen LogP contribution in [0, 0.1) is 0 Å². The van der Waals surface area contributed by atoms with Gasteiger partial charge in [0.15, 0.2) is 11.5 Å². The van der Waals surface area contributed by atoms with Crippen molar-refractivity contribution < 1.29 is 30.0 Å². The molecule has 3 aromatic carbocycles. The van der Waals surface area contributed by atoms with E-state index >= 15 is 0 Å². The topological polar surface area (TPSA) is 139 Å². The second kappa shape index (κ2) is 10.2. The van der Waals surface area contributed by atoms with Gasteiger partial charge in [-0.1, -0.05) is 18.2 Å². The van der Waals surface area contributed by atoms with Crippen molar-refractivity contribution >= 4 is 11.8 Å². The maximum absolute atomic E-state index is 12.8. The number of amides is 2. The highest BCUT2D eigenvalue weighted by Gasteiger charge is 2.22. The largest absolute Gasteiger partial charge is 0.508 e. The van der Waals surface area contributed by atoms with Gasteiger partial charge in [0.1, 0.15) is 17.5 Å². The van der Waals surface area contributed by atoms with E-state index in [1.165, 1.54) is 48.5 Å². The predicted octanol–water partition coefficient (Wildman–Crippen LogP) is 2.21. The fraction of sp³-hybridized carbons (Fsp3) is 0.167. The van der Waals surface area contributed by atoms with E-state index in [9.17, 15) is 30.0 Å². The van der Waals surface area contributed by atoms with Gasteiger partial charge in [-0.05, 0) is 66.1 Å². The van der Waals surface area contributed by atoms with Gasteiger partial charge in [-0.15, -0.1) is 0 Å². The van der Waals surface area contributed by atoms with Crippen molar-refractivity contribution in [3.63, 3.8) is 0 Å². The molecule has 8 nitrogen and oxygen atoms in total. The van der Waals surface area contributed by atoms with Crippen LogP contribution in [0.3, 0.4) is 0 Å². The van der Waals surface area contributed by atoms with Crippen LogP contribution in [0.2, 0.25) is 0 Å². The first kappa shape index (κ1) is 22.5. The molecule has 0 bridgehead atoms. The zero-order chi connectivity index (χ0) is 23.1. The summed E-state index contributed by atoms with van der Waals surface area (Å²) >= 11 is 0. The third-order valence-electron chi connectivity index (χ3n) is 4.88. The van der Waals surface area contributed by atoms with Gasteiger partial charge in [0.25, 0.3) is 5.91 Å². The van der Waals surface area contributed by atoms with E-state index in [2.05, 4.69) is 10.6 Å². The zero-order valence-electron chi connectivity index (χ0n) is 17.2. The number of carbonyl (C=O) groups is 2. The van der Waals surface area contributed by atoms with Crippen molar-refractivity contribution in [1.82, 2.24) is 10.6 Å². The Labute approximate surface area is 184 Å². The molecule has 0 radical (unpaired) electrons. The normalized spacial score (nSPS) is 11.5. The van der Waals surface area contributed by atoms with Crippen LogP contribution in [0.4, 0.5) is 0 Å². The van der Waals surface area contributed by atoms with Crippen LogP contribution in [0.1, 0.15) is 21.5 Å². The quantitative estimate of drug-likeness (QED) is 0.299. The SMILES string of the molecule is O=C(N[C@@H](Cc1ccc(O)cc1)C(=O)NCCc1ccc(O)c(O)c1)c1ccc(O)cc1. The van der Waals surface area contributed by atoms with Gasteiger partial charge in [-0.25, -0.2) is 0 Å². The summed E-state index contributed by atoms with van der Waals surface area (Å²) < 4.78 is 0. The van der Waals surface area contributed by atoms with E-state index in [0.29, 0.717) is 12.0 Å². The van der Waals surface area contributed by atoms with Crippen molar-refractivity contribution in [3.8, 4) is 23.0 Å². The predicted molar refractivity (Wildman–Crippen MR) is 118 cm³/mol. The third kappa shape index (κ3) is 6.15. The summed E-state index contributed by atoms with van der Waals surface area (Å²) in [6.07, 6.45) is 0.618.